The molecule has 4 rings (SSSR count). The van der Waals surface area contributed by atoms with Gasteiger partial charge in [0.25, 0.3) is 0 Å². The van der Waals surface area contributed by atoms with Gasteiger partial charge in [-0.1, -0.05) is 6.07 Å². The molecule has 5 nitrogen and oxygen atoms in total. The molecule has 0 spiro atoms. The number of aromatic nitrogens is 4. The molecule has 0 fully saturated rings. The minimum atomic E-state index is -4.36. The van der Waals surface area contributed by atoms with Crippen LogP contribution in [0.1, 0.15) is 11.4 Å². The zero-order chi connectivity index (χ0) is 17.6. The number of nitrogens with zero attached hydrogens (tertiary/aromatic N) is 3. The number of hydrogen-bond donors (Lipinski definition) is 2. The summed E-state index contributed by atoms with van der Waals surface area (Å²) in [4.78, 5) is 8.03. The van der Waals surface area contributed by atoms with Crippen LogP contribution in [-0.4, -0.2) is 19.6 Å². The molecule has 0 unspecified atom stereocenters. The van der Waals surface area contributed by atoms with E-state index in [1.165, 1.54) is 18.0 Å². The van der Waals surface area contributed by atoms with E-state index in [9.17, 15) is 13.2 Å². The van der Waals surface area contributed by atoms with Crippen LogP contribution in [0.25, 0.3) is 16.6 Å². The Labute approximate surface area is 144 Å². The van der Waals surface area contributed by atoms with Gasteiger partial charge in [-0.25, -0.2) is 9.50 Å². The minimum absolute atomic E-state index is 0.440. The highest BCUT2D eigenvalue weighted by Gasteiger charge is 2.30. The smallest absolute Gasteiger partial charge is 0.360 e. The van der Waals surface area contributed by atoms with Gasteiger partial charge in [0.05, 0.1) is 16.1 Å². The van der Waals surface area contributed by atoms with E-state index in [2.05, 4.69) is 19.8 Å². The maximum absolute atomic E-state index is 12.8. The van der Waals surface area contributed by atoms with E-state index in [1.54, 1.807) is 16.9 Å². The molecule has 0 aliphatic heterocycles. The molecule has 0 aliphatic rings. The lowest BCUT2D eigenvalue weighted by atomic mass is 10.1. The highest BCUT2D eigenvalue weighted by molar-refractivity contribution is 8.00. The van der Waals surface area contributed by atoms with Gasteiger partial charge in [-0.05, 0) is 43.1 Å². The summed E-state index contributed by atoms with van der Waals surface area (Å²) in [6, 6.07) is 7.38. The summed E-state index contributed by atoms with van der Waals surface area (Å²) in [6.07, 6.45) is -0.876. The molecule has 0 radical (unpaired) electrons. The summed E-state index contributed by atoms with van der Waals surface area (Å²) in [5.74, 6) is 0.658. The highest BCUT2D eigenvalue weighted by atomic mass is 32.2. The van der Waals surface area contributed by atoms with Crippen LogP contribution in [0.4, 0.5) is 18.9 Å². The molecule has 1 aromatic carbocycles. The van der Waals surface area contributed by atoms with Gasteiger partial charge >= 0.3 is 6.18 Å². The highest BCUT2D eigenvalue weighted by Crippen LogP contribution is 2.34. The quantitative estimate of drug-likeness (QED) is 0.520. The third-order valence-electron chi connectivity index (χ3n) is 3.71. The average Bonchev–Trinajstić information content (AvgIpc) is 3.14. The zero-order valence-corrected chi connectivity index (χ0v) is 13.7. The first-order valence-corrected chi connectivity index (χ1v) is 8.17. The van der Waals surface area contributed by atoms with E-state index in [0.29, 0.717) is 17.0 Å². The maximum Gasteiger partial charge on any atom is 0.416 e. The van der Waals surface area contributed by atoms with Crippen LogP contribution in [0, 0.1) is 6.92 Å². The van der Waals surface area contributed by atoms with Crippen molar-refractivity contribution >= 4 is 34.2 Å². The number of benzene rings is 1. The van der Waals surface area contributed by atoms with Gasteiger partial charge in [-0.3, -0.25) is 0 Å². The number of halogens is 3. The van der Waals surface area contributed by atoms with E-state index < -0.39 is 11.7 Å². The van der Waals surface area contributed by atoms with Gasteiger partial charge < -0.3 is 9.71 Å². The number of H-pyrrole nitrogens is 1. The van der Waals surface area contributed by atoms with Crippen molar-refractivity contribution in [1.29, 1.82) is 0 Å². The van der Waals surface area contributed by atoms with E-state index in [0.717, 1.165) is 28.1 Å². The van der Waals surface area contributed by atoms with Crippen molar-refractivity contribution in [2.24, 2.45) is 0 Å². The summed E-state index contributed by atoms with van der Waals surface area (Å²) >= 11 is 1.30. The van der Waals surface area contributed by atoms with E-state index in [1.807, 2.05) is 19.1 Å². The van der Waals surface area contributed by atoms with Crippen LogP contribution >= 0.6 is 11.9 Å². The number of alkyl halides is 3. The van der Waals surface area contributed by atoms with Crippen molar-refractivity contribution in [3.63, 3.8) is 0 Å². The van der Waals surface area contributed by atoms with E-state index in [4.69, 9.17) is 0 Å². The lowest BCUT2D eigenvalue weighted by Crippen LogP contribution is -2.04. The Morgan fingerprint density at radius 2 is 2.08 bits per heavy atom. The third kappa shape index (κ3) is 2.91. The molecular formula is C16H12F3N5S. The number of hydrogen-bond acceptors (Lipinski definition) is 4. The Bertz CT molecular complexity index is 1070. The molecule has 0 saturated carbocycles. The number of anilines is 1. The number of nitrogens with one attached hydrogen (secondary N) is 2. The Balaban J connectivity index is 1.62. The van der Waals surface area contributed by atoms with Crippen molar-refractivity contribution in [2.75, 3.05) is 4.72 Å². The molecule has 3 aromatic heterocycles. The molecular weight excluding hydrogens is 351 g/mol. The van der Waals surface area contributed by atoms with Gasteiger partial charge in [0.2, 0.25) is 0 Å². The van der Waals surface area contributed by atoms with Crippen LogP contribution in [0.3, 0.4) is 0 Å². The van der Waals surface area contributed by atoms with E-state index in [-0.39, 0.29) is 0 Å². The summed E-state index contributed by atoms with van der Waals surface area (Å²) in [5, 5.41) is 4.96. The standard InChI is InChI=1S/C16H12F3N5S/c1-9-21-15-12(3-2-6-24(15)22-9)23-25-14-8-20-13-7-10(16(17,18)19)4-5-11(13)14/h2-8,20,23H,1H3. The number of pyridine rings is 1. The molecule has 9 heteroatoms. The van der Waals surface area contributed by atoms with Gasteiger partial charge in [0.1, 0.15) is 5.82 Å². The van der Waals surface area contributed by atoms with Gasteiger partial charge in [-0.15, -0.1) is 0 Å². The lowest BCUT2D eigenvalue weighted by Gasteiger charge is -2.07. The minimum Gasteiger partial charge on any atom is -0.360 e. The Morgan fingerprint density at radius 1 is 1.24 bits per heavy atom. The first kappa shape index (κ1) is 15.8. The Morgan fingerprint density at radius 3 is 2.88 bits per heavy atom. The summed E-state index contributed by atoms with van der Waals surface area (Å²) in [6.45, 7) is 1.81. The number of rotatable bonds is 3. The molecule has 0 aliphatic carbocycles. The van der Waals surface area contributed by atoms with Crippen molar-refractivity contribution in [3.05, 3.63) is 54.1 Å². The predicted octanol–water partition coefficient (Wildman–Crippen LogP) is 4.66. The fraction of sp³-hybridized carbons (Fsp3) is 0.125. The second kappa shape index (κ2) is 5.69. The largest absolute Gasteiger partial charge is 0.416 e. The average molecular weight is 363 g/mol. The van der Waals surface area contributed by atoms with E-state index >= 15 is 0 Å². The monoisotopic (exact) mass is 363 g/mol. The fourth-order valence-corrected chi connectivity index (χ4v) is 3.35. The van der Waals surface area contributed by atoms with Crippen molar-refractivity contribution in [1.82, 2.24) is 19.6 Å². The molecule has 0 atom stereocenters. The third-order valence-corrected chi connectivity index (χ3v) is 4.59. The second-order valence-corrected chi connectivity index (χ2v) is 6.31. The SMILES string of the molecule is Cc1nc2c(NSc3c[nH]c4cc(C(F)(F)F)ccc34)cccn2n1. The van der Waals surface area contributed by atoms with Crippen LogP contribution in [0.2, 0.25) is 0 Å². The topological polar surface area (TPSA) is 58.0 Å². The van der Waals surface area contributed by atoms with Crippen LogP contribution in [0.5, 0.6) is 0 Å². The summed E-state index contributed by atoms with van der Waals surface area (Å²) < 4.78 is 43.2. The molecule has 25 heavy (non-hydrogen) atoms. The zero-order valence-electron chi connectivity index (χ0n) is 12.9. The first-order valence-electron chi connectivity index (χ1n) is 7.35. The molecule has 0 bridgehead atoms. The molecule has 0 saturated heterocycles. The molecule has 128 valence electrons. The van der Waals surface area contributed by atoms with Crippen LogP contribution in [-0.2, 0) is 6.18 Å². The molecule has 3 heterocycles. The maximum atomic E-state index is 12.8. The van der Waals surface area contributed by atoms with Crippen LogP contribution in [0.15, 0.2) is 47.6 Å². The molecule has 2 N–H and O–H groups in total. The Kier molecular flexibility index (Phi) is 3.60. The van der Waals surface area contributed by atoms with Crippen molar-refractivity contribution < 1.29 is 13.2 Å². The fourth-order valence-electron chi connectivity index (χ4n) is 2.56. The number of fused-ring (bicyclic) bond motifs is 2. The van der Waals surface area contributed by atoms with Gasteiger partial charge in [0, 0.05) is 23.3 Å². The second-order valence-electron chi connectivity index (χ2n) is 5.46. The number of aryl methyl sites for hydroxylation is 1. The predicted molar refractivity (Wildman–Crippen MR) is 90.5 cm³/mol. The van der Waals surface area contributed by atoms with Gasteiger partial charge in [-0.2, -0.15) is 18.3 Å². The number of aromatic amines is 1. The molecule has 0 amide bonds. The summed E-state index contributed by atoms with van der Waals surface area (Å²) in [5.41, 5.74) is 1.23. The van der Waals surface area contributed by atoms with Gasteiger partial charge in [0.15, 0.2) is 5.65 Å². The first-order chi connectivity index (χ1) is 11.9. The molecule has 4 aromatic rings. The lowest BCUT2D eigenvalue weighted by molar-refractivity contribution is -0.137. The normalized spacial score (nSPS) is 12.2. The van der Waals surface area contributed by atoms with Crippen molar-refractivity contribution in [3.8, 4) is 0 Å². The van der Waals surface area contributed by atoms with Crippen LogP contribution < -0.4 is 4.72 Å². The van der Waals surface area contributed by atoms with Crippen molar-refractivity contribution in [2.45, 2.75) is 18.0 Å². The summed E-state index contributed by atoms with van der Waals surface area (Å²) in [7, 11) is 0. The Hall–Kier alpha value is -2.68.